The first-order valence-electron chi connectivity index (χ1n) is 6.65. The molecule has 2 nitrogen and oxygen atoms in total. The second-order valence-corrected chi connectivity index (χ2v) is 3.24. The standard InChI is InChI=1S/C9H14O2.C4H10.C2H6/c1-3-5-6-8(4-2)7-9(10)11;1-3-4-2;1-2/h4-6H,3,7H2,1-2H3,(H,10,11);3-4H2,1-2H3;1-2H3/b6-5-,8-4+;;. The molecule has 0 aromatic heterocycles. The summed E-state index contributed by atoms with van der Waals surface area (Å²) in [7, 11) is 0. The number of aliphatic carboxylic acids is 1. The summed E-state index contributed by atoms with van der Waals surface area (Å²) in [4.78, 5) is 10.3. The molecule has 0 spiro atoms. The summed E-state index contributed by atoms with van der Waals surface area (Å²) in [5.74, 6) is -0.779. The van der Waals surface area contributed by atoms with Gasteiger partial charge in [0.2, 0.25) is 0 Å². The maximum Gasteiger partial charge on any atom is 0.307 e. The van der Waals surface area contributed by atoms with Crippen LogP contribution in [0.5, 0.6) is 0 Å². The molecule has 1 N–H and O–H groups in total. The van der Waals surface area contributed by atoms with E-state index < -0.39 is 5.97 Å². The van der Waals surface area contributed by atoms with E-state index in [1.807, 2.05) is 45.9 Å². The minimum atomic E-state index is -0.779. The molecule has 0 aromatic rings. The number of carbonyl (C=O) groups is 1. The van der Waals surface area contributed by atoms with Crippen LogP contribution in [0, 0.1) is 0 Å². The zero-order valence-corrected chi connectivity index (χ0v) is 12.4. The summed E-state index contributed by atoms with van der Waals surface area (Å²) in [6.07, 6.45) is 9.33. The number of carboxylic acid groups (broad SMARTS) is 1. The van der Waals surface area contributed by atoms with Crippen molar-refractivity contribution in [1.82, 2.24) is 0 Å². The van der Waals surface area contributed by atoms with Crippen LogP contribution in [-0.4, -0.2) is 11.1 Å². The Kier molecular flexibility index (Phi) is 25.5. The number of hydrogen-bond acceptors (Lipinski definition) is 1. The van der Waals surface area contributed by atoms with Crippen molar-refractivity contribution in [2.75, 3.05) is 0 Å². The summed E-state index contributed by atoms with van der Waals surface area (Å²) >= 11 is 0. The van der Waals surface area contributed by atoms with Gasteiger partial charge in [0.1, 0.15) is 0 Å². The average molecular weight is 242 g/mol. The number of hydrogen-bond donors (Lipinski definition) is 1. The fraction of sp³-hybridized carbons (Fsp3) is 0.667. The second-order valence-electron chi connectivity index (χ2n) is 3.24. The minimum absolute atomic E-state index is 0.118. The minimum Gasteiger partial charge on any atom is -0.481 e. The van der Waals surface area contributed by atoms with Crippen molar-refractivity contribution >= 4 is 5.97 Å². The van der Waals surface area contributed by atoms with Crippen LogP contribution in [0.3, 0.4) is 0 Å². The van der Waals surface area contributed by atoms with Gasteiger partial charge in [-0.1, -0.05) is 65.7 Å². The molecule has 0 aliphatic carbocycles. The van der Waals surface area contributed by atoms with Crippen LogP contribution in [-0.2, 0) is 4.79 Å². The quantitative estimate of drug-likeness (QED) is 0.672. The maximum absolute atomic E-state index is 10.3. The van der Waals surface area contributed by atoms with E-state index in [1.54, 1.807) is 0 Å². The van der Waals surface area contributed by atoms with E-state index in [9.17, 15) is 4.79 Å². The molecule has 102 valence electrons. The van der Waals surface area contributed by atoms with Crippen molar-refractivity contribution in [3.8, 4) is 0 Å². The highest BCUT2D eigenvalue weighted by molar-refractivity contribution is 5.70. The predicted molar refractivity (Wildman–Crippen MR) is 77.4 cm³/mol. The third kappa shape index (κ3) is 25.3. The van der Waals surface area contributed by atoms with Gasteiger partial charge in [0.15, 0.2) is 0 Å². The SMILES string of the molecule is C/C=C(\C=C/CC)CC(=O)O.CC.CCCC. The van der Waals surface area contributed by atoms with Gasteiger partial charge in [-0.3, -0.25) is 4.79 Å². The van der Waals surface area contributed by atoms with Gasteiger partial charge in [-0.25, -0.2) is 0 Å². The lowest BCUT2D eigenvalue weighted by Gasteiger charge is -1.94. The normalized spacial score (nSPS) is 10.1. The molecule has 0 unspecified atom stereocenters. The van der Waals surface area contributed by atoms with Crippen LogP contribution in [0.15, 0.2) is 23.8 Å². The number of rotatable bonds is 5. The van der Waals surface area contributed by atoms with E-state index in [1.165, 1.54) is 12.8 Å². The summed E-state index contributed by atoms with van der Waals surface area (Å²) in [6.45, 7) is 12.2. The van der Waals surface area contributed by atoms with Crippen molar-refractivity contribution in [2.24, 2.45) is 0 Å². The highest BCUT2D eigenvalue weighted by Gasteiger charge is 1.97. The third-order valence-corrected chi connectivity index (χ3v) is 1.79. The molecule has 0 amide bonds. The van der Waals surface area contributed by atoms with E-state index in [2.05, 4.69) is 13.8 Å². The average Bonchev–Trinajstić information content (AvgIpc) is 2.36. The Morgan fingerprint density at radius 3 is 1.82 bits per heavy atom. The molecule has 17 heavy (non-hydrogen) atoms. The van der Waals surface area contributed by atoms with Crippen molar-refractivity contribution in [3.05, 3.63) is 23.8 Å². The first-order chi connectivity index (χ1) is 8.12. The molecule has 2 heteroatoms. The molecule has 0 aromatic carbocycles. The Labute approximate surface area is 107 Å². The first kappa shape index (κ1) is 21.3. The van der Waals surface area contributed by atoms with Crippen molar-refractivity contribution in [2.45, 2.75) is 67.2 Å². The third-order valence-electron chi connectivity index (χ3n) is 1.79. The lowest BCUT2D eigenvalue weighted by atomic mass is 10.1. The van der Waals surface area contributed by atoms with E-state index in [0.29, 0.717) is 0 Å². The zero-order valence-electron chi connectivity index (χ0n) is 12.4. The van der Waals surface area contributed by atoms with Crippen molar-refractivity contribution in [1.29, 1.82) is 0 Å². The largest absolute Gasteiger partial charge is 0.481 e. The van der Waals surface area contributed by atoms with E-state index >= 15 is 0 Å². The zero-order chi connectivity index (χ0) is 14.1. The van der Waals surface area contributed by atoms with E-state index in [0.717, 1.165) is 12.0 Å². The van der Waals surface area contributed by atoms with Crippen LogP contribution in [0.25, 0.3) is 0 Å². The lowest BCUT2D eigenvalue weighted by molar-refractivity contribution is -0.136. The lowest BCUT2D eigenvalue weighted by Crippen LogP contribution is -1.94. The van der Waals surface area contributed by atoms with Crippen LogP contribution in [0.4, 0.5) is 0 Å². The Hall–Kier alpha value is -1.05. The molecule has 0 aliphatic rings. The summed E-state index contributed by atoms with van der Waals surface area (Å²) in [5.41, 5.74) is 0.861. The molecule has 0 saturated carbocycles. The Morgan fingerprint density at radius 1 is 1.12 bits per heavy atom. The van der Waals surface area contributed by atoms with Crippen LogP contribution in [0.2, 0.25) is 0 Å². The van der Waals surface area contributed by atoms with Gasteiger partial charge in [-0.05, 0) is 18.9 Å². The van der Waals surface area contributed by atoms with E-state index in [4.69, 9.17) is 5.11 Å². The van der Waals surface area contributed by atoms with Gasteiger partial charge in [-0.15, -0.1) is 0 Å². The molecule has 0 radical (unpaired) electrons. The van der Waals surface area contributed by atoms with Crippen LogP contribution in [0.1, 0.15) is 67.2 Å². The van der Waals surface area contributed by atoms with Gasteiger partial charge in [0.25, 0.3) is 0 Å². The van der Waals surface area contributed by atoms with Gasteiger partial charge < -0.3 is 5.11 Å². The summed E-state index contributed by atoms with van der Waals surface area (Å²) in [6, 6.07) is 0. The summed E-state index contributed by atoms with van der Waals surface area (Å²) in [5, 5.41) is 8.44. The molecule has 0 atom stereocenters. The monoisotopic (exact) mass is 242 g/mol. The molecule has 0 saturated heterocycles. The topological polar surface area (TPSA) is 37.3 Å². The van der Waals surface area contributed by atoms with Gasteiger partial charge in [-0.2, -0.15) is 0 Å². The molecular formula is C15H30O2. The molecule has 0 heterocycles. The van der Waals surface area contributed by atoms with Gasteiger partial charge >= 0.3 is 5.97 Å². The van der Waals surface area contributed by atoms with Crippen molar-refractivity contribution in [3.63, 3.8) is 0 Å². The second kappa shape index (κ2) is 20.4. The number of unbranched alkanes of at least 4 members (excludes halogenated alkanes) is 1. The maximum atomic E-state index is 10.3. The number of carboxylic acids is 1. The molecule has 0 aliphatic heterocycles. The molecule has 0 rings (SSSR count). The van der Waals surface area contributed by atoms with Crippen LogP contribution >= 0.6 is 0 Å². The smallest absolute Gasteiger partial charge is 0.307 e. The fourth-order valence-electron chi connectivity index (χ4n) is 0.701. The molecular weight excluding hydrogens is 212 g/mol. The summed E-state index contributed by atoms with van der Waals surface area (Å²) < 4.78 is 0. The molecule has 0 fully saturated rings. The highest BCUT2D eigenvalue weighted by Crippen LogP contribution is 2.03. The predicted octanol–water partition coefficient (Wildman–Crippen LogP) is 5.21. The van der Waals surface area contributed by atoms with Crippen molar-refractivity contribution < 1.29 is 9.90 Å². The van der Waals surface area contributed by atoms with E-state index in [-0.39, 0.29) is 6.42 Å². The Balaban J connectivity index is -0.000000275. The molecule has 0 bridgehead atoms. The highest BCUT2D eigenvalue weighted by atomic mass is 16.4. The fourth-order valence-corrected chi connectivity index (χ4v) is 0.701. The first-order valence-corrected chi connectivity index (χ1v) is 6.65. The Bertz CT molecular complexity index is 201. The Morgan fingerprint density at radius 2 is 1.59 bits per heavy atom. The van der Waals surface area contributed by atoms with Gasteiger partial charge in [0.05, 0.1) is 6.42 Å². The van der Waals surface area contributed by atoms with Crippen LogP contribution < -0.4 is 0 Å². The number of allylic oxidation sites excluding steroid dienone is 3. The van der Waals surface area contributed by atoms with Gasteiger partial charge in [0, 0.05) is 0 Å².